The van der Waals surface area contributed by atoms with Crippen LogP contribution in [0.15, 0.2) is 23.1 Å². The Hall–Kier alpha value is -1.39. The Kier molecular flexibility index (Phi) is 7.09. The van der Waals surface area contributed by atoms with Gasteiger partial charge in [0.1, 0.15) is 10.6 Å². The van der Waals surface area contributed by atoms with Crippen LogP contribution in [0.3, 0.4) is 0 Å². The summed E-state index contributed by atoms with van der Waals surface area (Å²) in [6, 6.07) is 4.59. The molecule has 10 heteroatoms. The summed E-state index contributed by atoms with van der Waals surface area (Å²) in [5.74, 6) is -0.0484. The third kappa shape index (κ3) is 4.55. The minimum atomic E-state index is -3.75. The number of halogens is 1. The molecule has 1 saturated carbocycles. The quantitative estimate of drug-likeness (QED) is 0.745. The maximum atomic E-state index is 13.0. The molecule has 1 saturated heterocycles. The van der Waals surface area contributed by atoms with E-state index in [1.165, 1.54) is 17.5 Å². The van der Waals surface area contributed by atoms with Gasteiger partial charge in [0.15, 0.2) is 0 Å². The van der Waals surface area contributed by atoms with Crippen LogP contribution in [-0.4, -0.2) is 57.6 Å². The number of rotatable bonds is 5. The number of amides is 1. The van der Waals surface area contributed by atoms with Crippen LogP contribution in [0.25, 0.3) is 0 Å². The minimum absolute atomic E-state index is 0. The molecule has 27 heavy (non-hydrogen) atoms. The number of nitrogens with one attached hydrogen (secondary N) is 1. The summed E-state index contributed by atoms with van der Waals surface area (Å²) in [7, 11) is -2.34. The minimum Gasteiger partial charge on any atom is -0.495 e. The van der Waals surface area contributed by atoms with Crippen LogP contribution in [0, 0.1) is 0 Å². The number of ether oxygens (including phenoxy) is 2. The van der Waals surface area contributed by atoms with Crippen LogP contribution in [0.5, 0.6) is 5.75 Å². The topological polar surface area (TPSA) is 111 Å². The molecular formula is C17H26ClN3O5S. The zero-order valence-electron chi connectivity index (χ0n) is 15.3. The number of nitrogens with two attached hydrogens (primary N) is 1. The molecule has 0 spiro atoms. The molecule has 0 atom stereocenters. The van der Waals surface area contributed by atoms with Gasteiger partial charge >= 0.3 is 0 Å². The van der Waals surface area contributed by atoms with E-state index in [9.17, 15) is 13.2 Å². The van der Waals surface area contributed by atoms with Crippen LogP contribution < -0.4 is 15.8 Å². The van der Waals surface area contributed by atoms with Crippen molar-refractivity contribution in [2.75, 3.05) is 38.7 Å². The van der Waals surface area contributed by atoms with Crippen LogP contribution in [0.1, 0.15) is 25.7 Å². The average Bonchev–Trinajstić information content (AvgIpc) is 3.10. The van der Waals surface area contributed by atoms with E-state index in [2.05, 4.69) is 5.32 Å². The fourth-order valence-corrected chi connectivity index (χ4v) is 4.96. The maximum absolute atomic E-state index is 13.0. The monoisotopic (exact) mass is 419 g/mol. The fraction of sp³-hybridized carbons (Fsp3) is 0.588. The van der Waals surface area contributed by atoms with Crippen molar-refractivity contribution >= 4 is 34.0 Å². The number of carbonyl (C=O) groups is 1. The van der Waals surface area contributed by atoms with E-state index in [4.69, 9.17) is 15.2 Å². The van der Waals surface area contributed by atoms with Crippen LogP contribution in [0.2, 0.25) is 0 Å². The van der Waals surface area contributed by atoms with Gasteiger partial charge in [-0.3, -0.25) is 4.79 Å². The van der Waals surface area contributed by atoms with Crippen molar-refractivity contribution in [3.8, 4) is 5.75 Å². The van der Waals surface area contributed by atoms with Crippen molar-refractivity contribution in [3.05, 3.63) is 18.2 Å². The molecule has 3 rings (SSSR count). The van der Waals surface area contributed by atoms with Crippen molar-refractivity contribution in [3.63, 3.8) is 0 Å². The molecule has 0 unspecified atom stereocenters. The van der Waals surface area contributed by atoms with Crippen molar-refractivity contribution in [1.82, 2.24) is 4.31 Å². The Bertz CT molecular complexity index is 775. The zero-order chi connectivity index (χ0) is 18.8. The molecule has 1 heterocycles. The van der Waals surface area contributed by atoms with Gasteiger partial charge in [-0.05, 0) is 31.0 Å². The number of sulfonamides is 1. The maximum Gasteiger partial charge on any atom is 0.246 e. The Morgan fingerprint density at radius 3 is 2.48 bits per heavy atom. The van der Waals surface area contributed by atoms with Gasteiger partial charge in [0, 0.05) is 18.8 Å². The van der Waals surface area contributed by atoms with Crippen molar-refractivity contribution in [2.45, 2.75) is 36.1 Å². The summed E-state index contributed by atoms with van der Waals surface area (Å²) in [5.41, 5.74) is 5.67. The Balaban J connectivity index is 0.00000261. The van der Waals surface area contributed by atoms with Crippen molar-refractivity contribution in [2.24, 2.45) is 5.73 Å². The molecule has 1 aromatic rings. The first-order valence-electron chi connectivity index (χ1n) is 8.73. The lowest BCUT2D eigenvalue weighted by atomic mass is 9.98. The molecule has 0 bridgehead atoms. The lowest BCUT2D eigenvalue weighted by Gasteiger charge is -2.27. The van der Waals surface area contributed by atoms with Crippen molar-refractivity contribution in [1.29, 1.82) is 0 Å². The summed E-state index contributed by atoms with van der Waals surface area (Å²) in [4.78, 5) is 12.5. The smallest absolute Gasteiger partial charge is 0.246 e. The van der Waals surface area contributed by atoms with Crippen LogP contribution >= 0.6 is 12.4 Å². The number of hydrogen-bond acceptors (Lipinski definition) is 6. The second-order valence-corrected chi connectivity index (χ2v) is 8.61. The average molecular weight is 420 g/mol. The molecular weight excluding hydrogens is 394 g/mol. The van der Waals surface area contributed by atoms with Gasteiger partial charge in [-0.1, -0.05) is 12.8 Å². The first kappa shape index (κ1) is 21.9. The molecule has 0 radical (unpaired) electrons. The van der Waals surface area contributed by atoms with Gasteiger partial charge in [-0.2, -0.15) is 4.31 Å². The van der Waals surface area contributed by atoms with Crippen LogP contribution in [0.4, 0.5) is 5.69 Å². The van der Waals surface area contributed by atoms with E-state index >= 15 is 0 Å². The third-order valence-corrected chi connectivity index (χ3v) is 6.88. The van der Waals surface area contributed by atoms with E-state index in [-0.39, 0.29) is 42.0 Å². The van der Waals surface area contributed by atoms with Gasteiger partial charge < -0.3 is 20.5 Å². The number of benzene rings is 1. The molecule has 8 nitrogen and oxygen atoms in total. The molecule has 1 aliphatic heterocycles. The normalized spacial score (nSPS) is 19.9. The third-order valence-electron chi connectivity index (χ3n) is 4.96. The highest BCUT2D eigenvalue weighted by Gasteiger charge is 2.37. The number of hydrogen-bond donors (Lipinski definition) is 2. The Labute approximate surface area is 165 Å². The SMILES string of the molecule is COc1ccc(NC(=O)C2(N)CCCC2)cc1S(=O)(=O)N1CCOCC1.Cl. The molecule has 2 aliphatic rings. The molecule has 3 N–H and O–H groups in total. The van der Waals surface area contributed by atoms with E-state index in [1.54, 1.807) is 12.1 Å². The predicted molar refractivity (Wildman–Crippen MR) is 104 cm³/mol. The summed E-state index contributed by atoms with van der Waals surface area (Å²) < 4.78 is 37.8. The van der Waals surface area contributed by atoms with E-state index < -0.39 is 15.6 Å². The largest absolute Gasteiger partial charge is 0.495 e. The summed E-state index contributed by atoms with van der Waals surface area (Å²) in [6.07, 6.45) is 3.11. The summed E-state index contributed by atoms with van der Waals surface area (Å²) >= 11 is 0. The highest BCUT2D eigenvalue weighted by atomic mass is 35.5. The first-order valence-corrected chi connectivity index (χ1v) is 10.2. The predicted octanol–water partition coefficient (Wildman–Crippen LogP) is 1.35. The Morgan fingerprint density at radius 1 is 1.26 bits per heavy atom. The fourth-order valence-electron chi connectivity index (χ4n) is 3.37. The molecule has 1 amide bonds. The first-order chi connectivity index (χ1) is 12.4. The van der Waals surface area contributed by atoms with Gasteiger partial charge in [0.05, 0.1) is 25.9 Å². The van der Waals surface area contributed by atoms with E-state index in [1.807, 2.05) is 0 Å². The number of nitrogens with zero attached hydrogens (tertiary/aromatic N) is 1. The molecule has 2 fully saturated rings. The van der Waals surface area contributed by atoms with E-state index in [0.29, 0.717) is 31.7 Å². The lowest BCUT2D eigenvalue weighted by molar-refractivity contribution is -0.121. The standard InChI is InChI=1S/C17H25N3O5S.ClH/c1-24-14-5-4-13(19-16(21)17(18)6-2-3-7-17)12-15(14)26(22,23)20-8-10-25-11-9-20;/h4-5,12H,2-3,6-11,18H2,1H3,(H,19,21);1H. The lowest BCUT2D eigenvalue weighted by Crippen LogP contribution is -2.48. The Morgan fingerprint density at radius 2 is 1.89 bits per heavy atom. The highest BCUT2D eigenvalue weighted by Crippen LogP contribution is 2.32. The van der Waals surface area contributed by atoms with Gasteiger partial charge in [0.25, 0.3) is 0 Å². The molecule has 152 valence electrons. The van der Waals surface area contributed by atoms with E-state index in [0.717, 1.165) is 12.8 Å². The summed E-state index contributed by atoms with van der Waals surface area (Å²) in [6.45, 7) is 1.28. The number of anilines is 1. The number of methoxy groups -OCH3 is 1. The summed E-state index contributed by atoms with van der Waals surface area (Å²) in [5, 5.41) is 2.76. The zero-order valence-corrected chi connectivity index (χ0v) is 16.9. The molecule has 0 aromatic heterocycles. The number of carbonyl (C=O) groups excluding carboxylic acids is 1. The molecule has 1 aromatic carbocycles. The highest BCUT2D eigenvalue weighted by molar-refractivity contribution is 7.89. The second-order valence-electron chi connectivity index (χ2n) is 6.70. The second kappa shape index (κ2) is 8.74. The number of morpholine rings is 1. The molecule has 1 aliphatic carbocycles. The van der Waals surface area contributed by atoms with Crippen molar-refractivity contribution < 1.29 is 22.7 Å². The van der Waals surface area contributed by atoms with Gasteiger partial charge in [0.2, 0.25) is 15.9 Å². The van der Waals surface area contributed by atoms with Crippen LogP contribution in [-0.2, 0) is 19.6 Å². The van der Waals surface area contributed by atoms with Gasteiger partial charge in [-0.25, -0.2) is 8.42 Å². The van der Waals surface area contributed by atoms with Gasteiger partial charge in [-0.15, -0.1) is 12.4 Å².